The maximum atomic E-state index is 8.82. The number of hydrogen-bond donors (Lipinski definition) is 1. The Kier molecular flexibility index (Phi) is 3.99. The van der Waals surface area contributed by atoms with Gasteiger partial charge in [-0.25, -0.2) is 0 Å². The first-order valence-electron chi connectivity index (χ1n) is 6.61. The van der Waals surface area contributed by atoms with Crippen LogP contribution in [-0.4, -0.2) is 9.78 Å². The number of nitriles is 1. The van der Waals surface area contributed by atoms with Gasteiger partial charge in [0, 0.05) is 34.9 Å². The Morgan fingerprint density at radius 3 is 3.00 bits per heavy atom. The van der Waals surface area contributed by atoms with Crippen LogP contribution in [0.1, 0.15) is 16.0 Å². The number of thiophene rings is 1. The Hall–Kier alpha value is -2.58. The Labute approximate surface area is 127 Å². The number of aromatic nitrogens is 2. The second-order valence-electron chi connectivity index (χ2n) is 4.67. The van der Waals surface area contributed by atoms with Crippen molar-refractivity contribution in [3.05, 3.63) is 70.2 Å². The van der Waals surface area contributed by atoms with Crippen LogP contribution in [0.4, 0.5) is 5.69 Å². The number of nitrogens with one attached hydrogen (secondary N) is 1. The lowest BCUT2D eigenvalue weighted by Crippen LogP contribution is -2.02. The smallest absolute Gasteiger partial charge is 0.100 e. The fourth-order valence-electron chi connectivity index (χ4n) is 2.08. The van der Waals surface area contributed by atoms with Crippen LogP contribution in [0, 0.1) is 11.3 Å². The molecular weight excluding hydrogens is 280 g/mol. The van der Waals surface area contributed by atoms with Gasteiger partial charge in [-0.15, -0.1) is 11.3 Å². The van der Waals surface area contributed by atoms with Gasteiger partial charge < -0.3 is 5.32 Å². The summed E-state index contributed by atoms with van der Waals surface area (Å²) in [6.07, 6.45) is 3.74. The van der Waals surface area contributed by atoms with Crippen molar-refractivity contribution in [3.8, 4) is 6.07 Å². The molecule has 4 nitrogen and oxygen atoms in total. The Morgan fingerprint density at radius 1 is 1.29 bits per heavy atom. The second kappa shape index (κ2) is 6.25. The van der Waals surface area contributed by atoms with E-state index in [1.807, 2.05) is 40.5 Å². The molecule has 21 heavy (non-hydrogen) atoms. The van der Waals surface area contributed by atoms with Crippen molar-refractivity contribution in [2.24, 2.45) is 0 Å². The van der Waals surface area contributed by atoms with Crippen LogP contribution in [-0.2, 0) is 13.1 Å². The molecule has 0 atom stereocenters. The zero-order valence-electron chi connectivity index (χ0n) is 11.4. The molecule has 0 aliphatic carbocycles. The lowest BCUT2D eigenvalue weighted by molar-refractivity contribution is 0.687. The summed E-state index contributed by atoms with van der Waals surface area (Å²) in [7, 11) is 0. The molecule has 0 saturated carbocycles. The van der Waals surface area contributed by atoms with Gasteiger partial charge in [-0.3, -0.25) is 4.68 Å². The van der Waals surface area contributed by atoms with Gasteiger partial charge in [0.05, 0.1) is 12.1 Å². The van der Waals surface area contributed by atoms with Gasteiger partial charge in [-0.2, -0.15) is 10.4 Å². The summed E-state index contributed by atoms with van der Waals surface area (Å²) >= 11 is 1.60. The van der Waals surface area contributed by atoms with Gasteiger partial charge in [0.1, 0.15) is 6.07 Å². The van der Waals surface area contributed by atoms with Crippen LogP contribution >= 0.6 is 11.3 Å². The SMILES string of the molecule is N#Cc1csc(CNc2cccc(Cn3cccn3)c2)c1. The van der Waals surface area contributed by atoms with E-state index in [-0.39, 0.29) is 0 Å². The van der Waals surface area contributed by atoms with Gasteiger partial charge in [0.25, 0.3) is 0 Å². The molecular formula is C16H14N4S. The van der Waals surface area contributed by atoms with Crippen LogP contribution in [0.5, 0.6) is 0 Å². The first-order chi connectivity index (χ1) is 10.3. The summed E-state index contributed by atoms with van der Waals surface area (Å²) in [4.78, 5) is 1.16. The van der Waals surface area contributed by atoms with E-state index in [0.29, 0.717) is 0 Å². The van der Waals surface area contributed by atoms with Crippen molar-refractivity contribution in [1.82, 2.24) is 9.78 Å². The van der Waals surface area contributed by atoms with Gasteiger partial charge in [-0.1, -0.05) is 12.1 Å². The number of rotatable bonds is 5. The molecule has 104 valence electrons. The van der Waals surface area contributed by atoms with Gasteiger partial charge in [0.15, 0.2) is 0 Å². The monoisotopic (exact) mass is 294 g/mol. The highest BCUT2D eigenvalue weighted by molar-refractivity contribution is 7.10. The molecule has 0 aliphatic rings. The van der Waals surface area contributed by atoms with Crippen molar-refractivity contribution in [1.29, 1.82) is 5.26 Å². The molecule has 2 heterocycles. The minimum Gasteiger partial charge on any atom is -0.380 e. The van der Waals surface area contributed by atoms with Crippen molar-refractivity contribution in [2.75, 3.05) is 5.32 Å². The van der Waals surface area contributed by atoms with Gasteiger partial charge >= 0.3 is 0 Å². The Morgan fingerprint density at radius 2 is 2.24 bits per heavy atom. The van der Waals surface area contributed by atoms with E-state index in [1.54, 1.807) is 17.5 Å². The van der Waals surface area contributed by atoms with Crippen LogP contribution in [0.3, 0.4) is 0 Å². The minimum atomic E-state index is 0.726. The standard InChI is InChI=1S/C16H14N4S/c17-9-14-8-16(21-12-14)10-18-15-4-1-3-13(7-15)11-20-6-2-5-19-20/h1-8,12,18H,10-11H2. The van der Waals surface area contributed by atoms with E-state index in [4.69, 9.17) is 5.26 Å². The highest BCUT2D eigenvalue weighted by Crippen LogP contribution is 2.17. The third-order valence-electron chi connectivity index (χ3n) is 3.08. The largest absolute Gasteiger partial charge is 0.380 e. The molecule has 0 spiro atoms. The Balaban J connectivity index is 1.64. The summed E-state index contributed by atoms with van der Waals surface area (Å²) in [5.74, 6) is 0. The third kappa shape index (κ3) is 3.50. The summed E-state index contributed by atoms with van der Waals surface area (Å²) in [6.45, 7) is 1.50. The average molecular weight is 294 g/mol. The van der Waals surface area contributed by atoms with Crippen molar-refractivity contribution >= 4 is 17.0 Å². The highest BCUT2D eigenvalue weighted by Gasteiger charge is 2.01. The minimum absolute atomic E-state index is 0.726. The number of hydrogen-bond acceptors (Lipinski definition) is 4. The maximum Gasteiger partial charge on any atom is 0.100 e. The van der Waals surface area contributed by atoms with Crippen LogP contribution in [0.25, 0.3) is 0 Å². The van der Waals surface area contributed by atoms with E-state index in [2.05, 4.69) is 28.6 Å². The zero-order chi connectivity index (χ0) is 14.5. The summed E-state index contributed by atoms with van der Waals surface area (Å²) in [6, 6.07) is 14.3. The molecule has 0 fully saturated rings. The van der Waals surface area contributed by atoms with Gasteiger partial charge in [0.2, 0.25) is 0 Å². The first kappa shape index (κ1) is 13.4. The summed E-state index contributed by atoms with van der Waals surface area (Å²) in [5, 5.41) is 18.3. The second-order valence-corrected chi connectivity index (χ2v) is 5.67. The van der Waals surface area contributed by atoms with Crippen LogP contribution in [0.2, 0.25) is 0 Å². The molecule has 0 bridgehead atoms. The van der Waals surface area contributed by atoms with Crippen LogP contribution in [0.15, 0.2) is 54.2 Å². The molecule has 3 aromatic rings. The lowest BCUT2D eigenvalue weighted by atomic mass is 10.2. The van der Waals surface area contributed by atoms with E-state index in [1.165, 1.54) is 5.56 Å². The molecule has 3 rings (SSSR count). The van der Waals surface area contributed by atoms with Crippen LogP contribution < -0.4 is 5.32 Å². The van der Waals surface area contributed by atoms with E-state index in [0.717, 1.165) is 29.2 Å². The van der Waals surface area contributed by atoms with E-state index in [9.17, 15) is 0 Å². The predicted molar refractivity (Wildman–Crippen MR) is 84.1 cm³/mol. The normalized spacial score (nSPS) is 10.2. The fourth-order valence-corrected chi connectivity index (χ4v) is 2.83. The summed E-state index contributed by atoms with van der Waals surface area (Å²) < 4.78 is 1.90. The number of nitrogens with zero attached hydrogens (tertiary/aromatic N) is 3. The molecule has 0 radical (unpaired) electrons. The molecule has 2 aromatic heterocycles. The molecule has 1 N–H and O–H groups in total. The summed E-state index contributed by atoms with van der Waals surface area (Å²) in [5.41, 5.74) is 3.00. The first-order valence-corrected chi connectivity index (χ1v) is 7.49. The third-order valence-corrected chi connectivity index (χ3v) is 4.02. The fraction of sp³-hybridized carbons (Fsp3) is 0.125. The van der Waals surface area contributed by atoms with Gasteiger partial charge in [-0.05, 0) is 29.8 Å². The highest BCUT2D eigenvalue weighted by atomic mass is 32.1. The van der Waals surface area contributed by atoms with Crippen molar-refractivity contribution in [2.45, 2.75) is 13.1 Å². The quantitative estimate of drug-likeness (QED) is 0.784. The Bertz CT molecular complexity index is 753. The molecule has 0 saturated heterocycles. The lowest BCUT2D eigenvalue weighted by Gasteiger charge is -2.08. The maximum absolute atomic E-state index is 8.82. The average Bonchev–Trinajstić information content (AvgIpc) is 3.17. The molecule has 1 aromatic carbocycles. The number of benzene rings is 1. The zero-order valence-corrected chi connectivity index (χ0v) is 12.2. The predicted octanol–water partition coefficient (Wildman–Crippen LogP) is 3.48. The van der Waals surface area contributed by atoms with E-state index < -0.39 is 0 Å². The van der Waals surface area contributed by atoms with E-state index >= 15 is 0 Å². The molecule has 5 heteroatoms. The van der Waals surface area contributed by atoms with Crippen molar-refractivity contribution in [3.63, 3.8) is 0 Å². The molecule has 0 aliphatic heterocycles. The van der Waals surface area contributed by atoms with Crippen molar-refractivity contribution < 1.29 is 0 Å². The molecule has 0 unspecified atom stereocenters. The number of anilines is 1. The topological polar surface area (TPSA) is 53.6 Å². The molecule has 0 amide bonds.